The SMILES string of the molecule is CC1CCCC(NS(=O)(=O)c2sccc2Br)CC1. The molecule has 102 valence electrons. The number of rotatable bonds is 3. The number of nitrogens with one attached hydrogen (secondary N) is 1. The van der Waals surface area contributed by atoms with E-state index in [0.29, 0.717) is 14.6 Å². The first-order valence-electron chi connectivity index (χ1n) is 6.24. The van der Waals surface area contributed by atoms with Crippen molar-refractivity contribution in [1.29, 1.82) is 0 Å². The summed E-state index contributed by atoms with van der Waals surface area (Å²) >= 11 is 4.54. The van der Waals surface area contributed by atoms with Gasteiger partial charge in [-0.25, -0.2) is 13.1 Å². The molecule has 2 atom stereocenters. The zero-order chi connectivity index (χ0) is 13.2. The Morgan fingerprint density at radius 2 is 2.11 bits per heavy atom. The summed E-state index contributed by atoms with van der Waals surface area (Å²) in [4.78, 5) is 0. The summed E-state index contributed by atoms with van der Waals surface area (Å²) in [5, 5.41) is 1.79. The molecule has 0 spiro atoms. The fourth-order valence-electron chi connectivity index (χ4n) is 2.35. The molecule has 2 rings (SSSR count). The molecule has 0 aromatic carbocycles. The van der Waals surface area contributed by atoms with Gasteiger partial charge in [0.2, 0.25) is 0 Å². The van der Waals surface area contributed by atoms with E-state index in [1.807, 2.05) is 0 Å². The zero-order valence-corrected chi connectivity index (χ0v) is 13.6. The van der Waals surface area contributed by atoms with Crippen molar-refractivity contribution in [2.24, 2.45) is 5.92 Å². The second kappa shape index (κ2) is 6.03. The molecule has 3 nitrogen and oxygen atoms in total. The van der Waals surface area contributed by atoms with Crippen LogP contribution in [0.3, 0.4) is 0 Å². The van der Waals surface area contributed by atoms with Gasteiger partial charge in [0.1, 0.15) is 4.21 Å². The smallest absolute Gasteiger partial charge is 0.207 e. The van der Waals surface area contributed by atoms with Crippen LogP contribution in [0.5, 0.6) is 0 Å². The predicted octanol–water partition coefficient (Wildman–Crippen LogP) is 3.76. The number of sulfonamides is 1. The normalized spacial score (nSPS) is 25.9. The zero-order valence-electron chi connectivity index (χ0n) is 10.4. The van der Waals surface area contributed by atoms with Gasteiger partial charge in [0, 0.05) is 10.5 Å². The van der Waals surface area contributed by atoms with Crippen molar-refractivity contribution in [1.82, 2.24) is 4.72 Å². The molecule has 18 heavy (non-hydrogen) atoms. The molecule has 1 aromatic heterocycles. The summed E-state index contributed by atoms with van der Waals surface area (Å²) in [6.45, 7) is 2.24. The van der Waals surface area contributed by atoms with Crippen molar-refractivity contribution in [2.45, 2.75) is 49.3 Å². The van der Waals surface area contributed by atoms with Crippen LogP contribution >= 0.6 is 27.3 Å². The molecule has 1 aliphatic rings. The summed E-state index contributed by atoms with van der Waals surface area (Å²) in [5.41, 5.74) is 0. The molecule has 1 heterocycles. The first-order valence-corrected chi connectivity index (χ1v) is 9.40. The highest BCUT2D eigenvalue weighted by Gasteiger charge is 2.25. The summed E-state index contributed by atoms with van der Waals surface area (Å²) in [6, 6.07) is 1.86. The quantitative estimate of drug-likeness (QED) is 0.842. The average Bonchev–Trinajstić information content (AvgIpc) is 2.63. The van der Waals surface area contributed by atoms with E-state index in [1.54, 1.807) is 11.4 Å². The summed E-state index contributed by atoms with van der Waals surface area (Å²) in [7, 11) is -3.36. The molecule has 0 amide bonds. The lowest BCUT2D eigenvalue weighted by Crippen LogP contribution is -2.34. The highest BCUT2D eigenvalue weighted by Crippen LogP contribution is 2.29. The number of thiophene rings is 1. The van der Waals surface area contributed by atoms with Crippen LogP contribution in [0.15, 0.2) is 20.1 Å². The molecule has 1 aromatic rings. The predicted molar refractivity (Wildman–Crippen MR) is 78.4 cm³/mol. The molecule has 0 saturated heterocycles. The van der Waals surface area contributed by atoms with Gasteiger partial charge >= 0.3 is 0 Å². The lowest BCUT2D eigenvalue weighted by molar-refractivity contribution is 0.485. The van der Waals surface area contributed by atoms with Crippen LogP contribution in [-0.2, 0) is 10.0 Å². The van der Waals surface area contributed by atoms with Gasteiger partial charge in [0.05, 0.1) is 0 Å². The molecular weight excluding hydrogens is 334 g/mol. The standard InChI is InChI=1S/C12H18BrNO2S2/c1-9-3-2-4-10(6-5-9)14-18(15,16)12-11(13)7-8-17-12/h7-10,14H,2-6H2,1H3. The maximum Gasteiger partial charge on any atom is 0.251 e. The minimum absolute atomic E-state index is 0.0916. The van der Waals surface area contributed by atoms with E-state index >= 15 is 0 Å². The van der Waals surface area contributed by atoms with Crippen LogP contribution in [0.2, 0.25) is 0 Å². The van der Waals surface area contributed by atoms with Crippen LogP contribution in [0, 0.1) is 5.92 Å². The third-order valence-electron chi connectivity index (χ3n) is 3.41. The largest absolute Gasteiger partial charge is 0.251 e. The fourth-order valence-corrected chi connectivity index (χ4v) is 6.01. The summed E-state index contributed by atoms with van der Waals surface area (Å²) in [6.07, 6.45) is 5.33. The van der Waals surface area contributed by atoms with Gasteiger partial charge in [0.15, 0.2) is 0 Å². The minimum Gasteiger partial charge on any atom is -0.207 e. The van der Waals surface area contributed by atoms with Crippen LogP contribution < -0.4 is 4.72 Å². The molecule has 2 unspecified atom stereocenters. The second-order valence-corrected chi connectivity index (χ2v) is 8.67. The first-order chi connectivity index (χ1) is 8.49. The van der Waals surface area contributed by atoms with E-state index in [0.717, 1.165) is 25.7 Å². The van der Waals surface area contributed by atoms with E-state index in [4.69, 9.17) is 0 Å². The average molecular weight is 352 g/mol. The van der Waals surface area contributed by atoms with E-state index in [2.05, 4.69) is 27.6 Å². The van der Waals surface area contributed by atoms with Gasteiger partial charge in [-0.05, 0) is 52.6 Å². The van der Waals surface area contributed by atoms with Crippen molar-refractivity contribution < 1.29 is 8.42 Å². The Bertz CT molecular complexity index is 498. The number of hydrogen-bond acceptors (Lipinski definition) is 3. The topological polar surface area (TPSA) is 46.2 Å². The van der Waals surface area contributed by atoms with Crippen LogP contribution in [0.25, 0.3) is 0 Å². The highest BCUT2D eigenvalue weighted by atomic mass is 79.9. The van der Waals surface area contributed by atoms with Crippen molar-refractivity contribution in [3.05, 3.63) is 15.9 Å². The van der Waals surface area contributed by atoms with Crippen molar-refractivity contribution >= 4 is 37.3 Å². The Balaban J connectivity index is 2.07. The van der Waals surface area contributed by atoms with E-state index < -0.39 is 10.0 Å². The van der Waals surface area contributed by atoms with Crippen molar-refractivity contribution in [3.8, 4) is 0 Å². The Labute approximate surface area is 121 Å². The molecule has 0 radical (unpaired) electrons. The summed E-state index contributed by atoms with van der Waals surface area (Å²) < 4.78 is 28.4. The molecule has 1 aliphatic carbocycles. The monoisotopic (exact) mass is 351 g/mol. The molecule has 0 aliphatic heterocycles. The van der Waals surface area contributed by atoms with Crippen LogP contribution in [0.1, 0.15) is 39.0 Å². The molecule has 6 heteroatoms. The Morgan fingerprint density at radius 1 is 1.33 bits per heavy atom. The van der Waals surface area contributed by atoms with E-state index in [1.165, 1.54) is 17.8 Å². The van der Waals surface area contributed by atoms with Crippen molar-refractivity contribution in [3.63, 3.8) is 0 Å². The molecule has 1 fully saturated rings. The van der Waals surface area contributed by atoms with Gasteiger partial charge in [-0.1, -0.05) is 19.8 Å². The van der Waals surface area contributed by atoms with Gasteiger partial charge in [-0.15, -0.1) is 11.3 Å². The van der Waals surface area contributed by atoms with E-state index in [9.17, 15) is 8.42 Å². The van der Waals surface area contributed by atoms with Gasteiger partial charge in [0.25, 0.3) is 10.0 Å². The Hall–Kier alpha value is 0.0900. The lowest BCUT2D eigenvalue weighted by Gasteiger charge is -2.16. The molecule has 0 bridgehead atoms. The summed E-state index contributed by atoms with van der Waals surface area (Å²) in [5.74, 6) is 0.716. The van der Waals surface area contributed by atoms with Crippen LogP contribution in [0.4, 0.5) is 0 Å². The minimum atomic E-state index is -3.36. The molecular formula is C12H18BrNO2S2. The Kier molecular flexibility index (Phi) is 4.86. The van der Waals surface area contributed by atoms with Gasteiger partial charge in [-0.3, -0.25) is 0 Å². The first kappa shape index (κ1) is 14.5. The highest BCUT2D eigenvalue weighted by molar-refractivity contribution is 9.10. The lowest BCUT2D eigenvalue weighted by atomic mass is 10.0. The Morgan fingerprint density at radius 3 is 2.78 bits per heavy atom. The van der Waals surface area contributed by atoms with Crippen molar-refractivity contribution in [2.75, 3.05) is 0 Å². The fraction of sp³-hybridized carbons (Fsp3) is 0.667. The van der Waals surface area contributed by atoms with Gasteiger partial charge < -0.3 is 0 Å². The third kappa shape index (κ3) is 3.56. The molecule has 1 N–H and O–H groups in total. The maximum absolute atomic E-state index is 12.2. The second-order valence-electron chi connectivity index (χ2n) is 4.99. The van der Waals surface area contributed by atoms with Crippen LogP contribution in [-0.4, -0.2) is 14.5 Å². The maximum atomic E-state index is 12.2. The number of hydrogen-bond donors (Lipinski definition) is 1. The molecule has 1 saturated carbocycles. The third-order valence-corrected chi connectivity index (χ3v) is 7.60. The van der Waals surface area contributed by atoms with Gasteiger partial charge in [-0.2, -0.15) is 0 Å². The van der Waals surface area contributed by atoms with E-state index in [-0.39, 0.29) is 6.04 Å². The number of halogens is 1.